The first-order valence-electron chi connectivity index (χ1n) is 4.99. The standard InChI is InChI=1S/C10H17N3O2S/c1-6-7(12-15-5)8(16-13-6)11-9(14)10(2,3)4/h8H,1-5H3,(H,11,14)/b12-7-. The second-order valence-electron chi connectivity index (χ2n) is 4.54. The van der Waals surface area contributed by atoms with Crippen LogP contribution in [-0.2, 0) is 9.63 Å². The zero-order valence-electron chi connectivity index (χ0n) is 10.2. The van der Waals surface area contributed by atoms with Crippen molar-refractivity contribution >= 4 is 29.3 Å². The van der Waals surface area contributed by atoms with Crippen LogP contribution < -0.4 is 5.32 Å². The number of carbonyl (C=O) groups is 1. The van der Waals surface area contributed by atoms with Crippen molar-refractivity contribution in [1.29, 1.82) is 0 Å². The maximum absolute atomic E-state index is 11.8. The van der Waals surface area contributed by atoms with Crippen molar-refractivity contribution in [1.82, 2.24) is 5.32 Å². The number of nitrogens with one attached hydrogen (secondary N) is 1. The second-order valence-corrected chi connectivity index (χ2v) is 5.41. The maximum atomic E-state index is 11.8. The lowest BCUT2D eigenvalue weighted by molar-refractivity contribution is -0.128. The largest absolute Gasteiger partial charge is 0.399 e. The zero-order chi connectivity index (χ0) is 12.3. The van der Waals surface area contributed by atoms with Gasteiger partial charge in [0, 0.05) is 17.4 Å². The summed E-state index contributed by atoms with van der Waals surface area (Å²) in [5.41, 5.74) is 1.03. The van der Waals surface area contributed by atoms with Gasteiger partial charge in [-0.2, -0.15) is 0 Å². The van der Waals surface area contributed by atoms with E-state index >= 15 is 0 Å². The number of hydrogen-bond donors (Lipinski definition) is 1. The first-order valence-corrected chi connectivity index (χ1v) is 5.82. The van der Waals surface area contributed by atoms with E-state index in [2.05, 4.69) is 14.9 Å². The molecular weight excluding hydrogens is 226 g/mol. The molecule has 5 nitrogen and oxygen atoms in total. The van der Waals surface area contributed by atoms with Crippen LogP contribution in [0.5, 0.6) is 0 Å². The highest BCUT2D eigenvalue weighted by Gasteiger charge is 2.31. The van der Waals surface area contributed by atoms with Crippen molar-refractivity contribution in [2.24, 2.45) is 15.0 Å². The van der Waals surface area contributed by atoms with Gasteiger partial charge in [-0.3, -0.25) is 4.79 Å². The molecule has 0 aromatic heterocycles. The Balaban J connectivity index is 2.71. The molecule has 0 saturated carbocycles. The number of nitrogens with zero attached hydrogens (tertiary/aromatic N) is 2. The summed E-state index contributed by atoms with van der Waals surface area (Å²) in [7, 11) is 1.48. The Morgan fingerprint density at radius 1 is 1.56 bits per heavy atom. The summed E-state index contributed by atoms with van der Waals surface area (Å²) < 4.78 is 4.16. The fraction of sp³-hybridized carbons (Fsp3) is 0.700. The van der Waals surface area contributed by atoms with Crippen LogP contribution in [0.2, 0.25) is 0 Å². The van der Waals surface area contributed by atoms with E-state index in [9.17, 15) is 4.79 Å². The van der Waals surface area contributed by atoms with E-state index < -0.39 is 5.41 Å². The number of amides is 1. The van der Waals surface area contributed by atoms with Crippen LogP contribution in [0.3, 0.4) is 0 Å². The van der Waals surface area contributed by atoms with Crippen molar-refractivity contribution in [3.63, 3.8) is 0 Å². The molecule has 0 aromatic rings. The van der Waals surface area contributed by atoms with Gasteiger partial charge in [0.1, 0.15) is 18.2 Å². The minimum Gasteiger partial charge on any atom is -0.399 e. The molecule has 0 radical (unpaired) electrons. The van der Waals surface area contributed by atoms with Crippen molar-refractivity contribution < 1.29 is 9.63 Å². The molecular formula is C10H17N3O2S. The quantitative estimate of drug-likeness (QED) is 0.592. The number of oxime groups is 1. The highest BCUT2D eigenvalue weighted by molar-refractivity contribution is 8.00. The van der Waals surface area contributed by atoms with Crippen LogP contribution in [0.4, 0.5) is 0 Å². The van der Waals surface area contributed by atoms with E-state index in [4.69, 9.17) is 4.84 Å². The smallest absolute Gasteiger partial charge is 0.226 e. The lowest BCUT2D eigenvalue weighted by atomic mass is 9.95. The predicted molar refractivity (Wildman–Crippen MR) is 66.5 cm³/mol. The molecule has 1 aliphatic rings. The van der Waals surface area contributed by atoms with Gasteiger partial charge in [0.25, 0.3) is 0 Å². The van der Waals surface area contributed by atoms with E-state index in [-0.39, 0.29) is 11.3 Å². The molecule has 1 atom stereocenters. The van der Waals surface area contributed by atoms with Gasteiger partial charge in [-0.05, 0) is 6.92 Å². The first-order chi connectivity index (χ1) is 7.36. The van der Waals surface area contributed by atoms with Gasteiger partial charge in [0.2, 0.25) is 5.91 Å². The van der Waals surface area contributed by atoms with Crippen molar-refractivity contribution in [3.8, 4) is 0 Å². The number of hydrogen-bond acceptors (Lipinski definition) is 5. The van der Waals surface area contributed by atoms with E-state index in [0.717, 1.165) is 5.71 Å². The summed E-state index contributed by atoms with van der Waals surface area (Å²) >= 11 is 1.29. The molecule has 0 aliphatic carbocycles. The monoisotopic (exact) mass is 243 g/mol. The second kappa shape index (κ2) is 4.86. The topological polar surface area (TPSA) is 63.1 Å². The van der Waals surface area contributed by atoms with Crippen LogP contribution in [0.1, 0.15) is 27.7 Å². The molecule has 0 fully saturated rings. The maximum Gasteiger partial charge on any atom is 0.226 e. The molecule has 0 aromatic carbocycles. The minimum absolute atomic E-state index is 0.0290. The fourth-order valence-corrected chi connectivity index (χ4v) is 1.89. The minimum atomic E-state index is -0.421. The Morgan fingerprint density at radius 3 is 2.69 bits per heavy atom. The lowest BCUT2D eigenvalue weighted by Gasteiger charge is -2.20. The summed E-state index contributed by atoms with van der Waals surface area (Å²) in [6, 6.07) is 0. The molecule has 1 unspecified atom stereocenters. The van der Waals surface area contributed by atoms with E-state index in [1.54, 1.807) is 0 Å². The van der Waals surface area contributed by atoms with Crippen LogP contribution in [0.25, 0.3) is 0 Å². The summed E-state index contributed by atoms with van der Waals surface area (Å²) in [6.07, 6.45) is 0. The molecule has 1 rings (SSSR count). The third-order valence-electron chi connectivity index (χ3n) is 2.05. The normalized spacial score (nSPS) is 23.2. The zero-order valence-corrected chi connectivity index (χ0v) is 11.0. The Hall–Kier alpha value is -1.04. The average molecular weight is 243 g/mol. The SMILES string of the molecule is CO/N=C1/C(C)=NSC1NC(=O)C(C)(C)C. The summed E-state index contributed by atoms with van der Waals surface area (Å²) in [4.78, 5) is 16.5. The fourth-order valence-electron chi connectivity index (χ4n) is 1.06. The van der Waals surface area contributed by atoms with Crippen molar-refractivity contribution in [3.05, 3.63) is 0 Å². The van der Waals surface area contributed by atoms with Crippen LogP contribution in [-0.4, -0.2) is 29.8 Å². The van der Waals surface area contributed by atoms with Gasteiger partial charge in [-0.25, -0.2) is 4.40 Å². The first kappa shape index (κ1) is 13.0. The van der Waals surface area contributed by atoms with Gasteiger partial charge in [-0.1, -0.05) is 25.9 Å². The van der Waals surface area contributed by atoms with Gasteiger partial charge in [0.05, 0.1) is 5.71 Å². The Labute approximate surface area is 99.8 Å². The van der Waals surface area contributed by atoms with Gasteiger partial charge in [0.15, 0.2) is 0 Å². The molecule has 6 heteroatoms. The molecule has 90 valence electrons. The van der Waals surface area contributed by atoms with Crippen molar-refractivity contribution in [2.45, 2.75) is 33.1 Å². The van der Waals surface area contributed by atoms with E-state index in [1.165, 1.54) is 19.1 Å². The Morgan fingerprint density at radius 2 is 2.19 bits per heavy atom. The van der Waals surface area contributed by atoms with Crippen LogP contribution in [0, 0.1) is 5.41 Å². The van der Waals surface area contributed by atoms with Crippen LogP contribution in [0.15, 0.2) is 9.55 Å². The lowest BCUT2D eigenvalue weighted by Crippen LogP contribution is -2.43. The molecule has 0 saturated heterocycles. The summed E-state index contributed by atoms with van der Waals surface area (Å²) in [5, 5.41) is 6.51. The number of rotatable bonds is 2. The third-order valence-corrected chi connectivity index (χ3v) is 2.98. The predicted octanol–water partition coefficient (Wildman–Crippen LogP) is 1.60. The Kier molecular flexibility index (Phi) is 3.96. The highest BCUT2D eigenvalue weighted by atomic mass is 32.2. The van der Waals surface area contributed by atoms with Crippen molar-refractivity contribution in [2.75, 3.05) is 7.11 Å². The summed E-state index contributed by atoms with van der Waals surface area (Å²) in [5.74, 6) is -0.0290. The average Bonchev–Trinajstić information content (AvgIpc) is 2.49. The molecule has 16 heavy (non-hydrogen) atoms. The van der Waals surface area contributed by atoms with E-state index in [1.807, 2.05) is 27.7 Å². The molecule has 1 aliphatic heterocycles. The van der Waals surface area contributed by atoms with Gasteiger partial charge >= 0.3 is 0 Å². The molecule has 1 heterocycles. The third kappa shape index (κ3) is 2.98. The number of carbonyl (C=O) groups excluding carboxylic acids is 1. The molecule has 1 amide bonds. The van der Waals surface area contributed by atoms with Gasteiger partial charge in [-0.15, -0.1) is 0 Å². The molecule has 0 bridgehead atoms. The Bertz CT molecular complexity index is 344. The molecule has 1 N–H and O–H groups in total. The van der Waals surface area contributed by atoms with Crippen LogP contribution >= 0.6 is 11.9 Å². The van der Waals surface area contributed by atoms with E-state index in [0.29, 0.717) is 5.71 Å². The van der Waals surface area contributed by atoms with Gasteiger partial charge < -0.3 is 10.2 Å². The molecule has 0 spiro atoms. The highest BCUT2D eigenvalue weighted by Crippen LogP contribution is 2.23. The summed E-state index contributed by atoms with van der Waals surface area (Å²) in [6.45, 7) is 7.43.